The van der Waals surface area contributed by atoms with Gasteiger partial charge in [-0.15, -0.1) is 0 Å². The van der Waals surface area contributed by atoms with Gasteiger partial charge in [0.05, 0.1) is 30.9 Å². The van der Waals surface area contributed by atoms with Gasteiger partial charge in [-0.05, 0) is 18.4 Å². The number of alkyl halides is 3. The van der Waals surface area contributed by atoms with E-state index in [1.807, 2.05) is 30.3 Å². The molecule has 1 aromatic rings. The molecule has 2 atom stereocenters. The number of halogens is 3. The number of hydrogen-bond acceptors (Lipinski definition) is 4. The van der Waals surface area contributed by atoms with Crippen LogP contribution >= 0.6 is 0 Å². The largest absolute Gasteiger partial charge is 0.445 e. The fraction of sp³-hybridized carbons (Fsp3) is 0.474. The number of rotatable bonds is 4. The second kappa shape index (κ2) is 7.72. The van der Waals surface area contributed by atoms with Crippen molar-refractivity contribution in [3.63, 3.8) is 0 Å². The van der Waals surface area contributed by atoms with Gasteiger partial charge in [0.15, 0.2) is 5.78 Å². The van der Waals surface area contributed by atoms with Gasteiger partial charge in [0.25, 0.3) is 0 Å². The van der Waals surface area contributed by atoms with Crippen molar-refractivity contribution in [1.29, 1.82) is 0 Å². The molecule has 1 aromatic carbocycles. The van der Waals surface area contributed by atoms with Gasteiger partial charge in [-0.3, -0.25) is 9.69 Å². The number of piperidine rings is 1. The number of ether oxygens (including phenoxy) is 2. The van der Waals surface area contributed by atoms with Crippen LogP contribution in [0.1, 0.15) is 18.4 Å². The number of amides is 1. The molecular formula is C19H20F3NO4. The molecule has 2 heterocycles. The van der Waals surface area contributed by atoms with Gasteiger partial charge in [0.2, 0.25) is 0 Å². The summed E-state index contributed by atoms with van der Waals surface area (Å²) in [5.74, 6) is -1.83. The zero-order valence-electron chi connectivity index (χ0n) is 14.6. The van der Waals surface area contributed by atoms with Gasteiger partial charge >= 0.3 is 12.3 Å². The molecule has 0 N–H and O–H groups in total. The van der Waals surface area contributed by atoms with E-state index in [9.17, 15) is 22.8 Å². The number of allylic oxidation sites excluding steroid dienone is 1. The van der Waals surface area contributed by atoms with Crippen LogP contribution in [-0.4, -0.2) is 48.3 Å². The van der Waals surface area contributed by atoms with Crippen LogP contribution in [0.4, 0.5) is 18.0 Å². The van der Waals surface area contributed by atoms with Crippen LogP contribution in [0.15, 0.2) is 42.5 Å². The van der Waals surface area contributed by atoms with Crippen LogP contribution < -0.4 is 0 Å². The summed E-state index contributed by atoms with van der Waals surface area (Å²) in [4.78, 5) is 26.2. The summed E-state index contributed by atoms with van der Waals surface area (Å²) in [7, 11) is 0. The number of fused-ring (bicyclic) bond motifs is 2. The number of nitrogens with zero attached hydrogens (tertiary/aromatic N) is 1. The molecule has 2 fully saturated rings. The van der Waals surface area contributed by atoms with E-state index in [0.717, 1.165) is 5.56 Å². The third-order valence-electron chi connectivity index (χ3n) is 4.95. The Morgan fingerprint density at radius 1 is 1.15 bits per heavy atom. The minimum absolute atomic E-state index is 0.101. The Kier molecular flexibility index (Phi) is 5.55. The maximum absolute atomic E-state index is 12.8. The first-order valence-corrected chi connectivity index (χ1v) is 8.64. The summed E-state index contributed by atoms with van der Waals surface area (Å²) in [6, 6.07) is 8.18. The topological polar surface area (TPSA) is 55.8 Å². The Balaban J connectivity index is 1.65. The summed E-state index contributed by atoms with van der Waals surface area (Å²) in [6.07, 6.45) is -5.08. The normalized spacial score (nSPS) is 25.0. The number of benzene rings is 1. The van der Waals surface area contributed by atoms with E-state index in [1.165, 1.54) is 4.90 Å². The SMILES string of the molecule is C=C(C(=O)C1CC2COCC(C1)N2C(=O)OCc1ccccc1)C(F)(F)F. The van der Waals surface area contributed by atoms with Crippen molar-refractivity contribution in [2.45, 2.75) is 37.7 Å². The van der Waals surface area contributed by atoms with Crippen LogP contribution in [0.2, 0.25) is 0 Å². The van der Waals surface area contributed by atoms with Crippen molar-refractivity contribution in [3.05, 3.63) is 48.0 Å². The van der Waals surface area contributed by atoms with Crippen LogP contribution in [0, 0.1) is 5.92 Å². The number of Topliss-reactive ketones (excluding diaryl/α,β-unsaturated/α-hetero) is 1. The molecule has 0 spiro atoms. The highest BCUT2D eigenvalue weighted by Gasteiger charge is 2.47. The van der Waals surface area contributed by atoms with E-state index < -0.39 is 41.6 Å². The van der Waals surface area contributed by atoms with E-state index in [4.69, 9.17) is 9.47 Å². The zero-order chi connectivity index (χ0) is 19.6. The first kappa shape index (κ1) is 19.4. The molecule has 146 valence electrons. The molecule has 2 unspecified atom stereocenters. The monoisotopic (exact) mass is 383 g/mol. The molecule has 5 nitrogen and oxygen atoms in total. The number of carbonyl (C=O) groups is 2. The molecule has 0 aromatic heterocycles. The number of hydrogen-bond donors (Lipinski definition) is 0. The fourth-order valence-corrected chi connectivity index (χ4v) is 3.61. The lowest BCUT2D eigenvalue weighted by Crippen LogP contribution is -2.60. The predicted molar refractivity (Wildman–Crippen MR) is 89.8 cm³/mol. The van der Waals surface area contributed by atoms with E-state index in [1.54, 1.807) is 0 Å². The van der Waals surface area contributed by atoms with Gasteiger partial charge in [-0.25, -0.2) is 4.79 Å². The van der Waals surface area contributed by atoms with Crippen molar-refractivity contribution in [2.75, 3.05) is 13.2 Å². The first-order valence-electron chi connectivity index (χ1n) is 8.64. The quantitative estimate of drug-likeness (QED) is 0.747. The number of carbonyl (C=O) groups excluding carboxylic acids is 2. The maximum Gasteiger partial charge on any atom is 0.419 e. The van der Waals surface area contributed by atoms with Crippen molar-refractivity contribution < 1.29 is 32.2 Å². The van der Waals surface area contributed by atoms with Gasteiger partial charge in [-0.2, -0.15) is 13.2 Å². The lowest BCUT2D eigenvalue weighted by molar-refractivity contribution is -0.138. The average Bonchev–Trinajstić information content (AvgIpc) is 2.64. The predicted octanol–water partition coefficient (Wildman–Crippen LogP) is 3.49. The van der Waals surface area contributed by atoms with Crippen molar-refractivity contribution in [1.82, 2.24) is 4.90 Å². The molecule has 27 heavy (non-hydrogen) atoms. The van der Waals surface area contributed by atoms with E-state index in [0.29, 0.717) is 0 Å². The Morgan fingerprint density at radius 3 is 2.30 bits per heavy atom. The molecule has 1 amide bonds. The number of morpholine rings is 1. The lowest BCUT2D eigenvalue weighted by atomic mass is 9.81. The Morgan fingerprint density at radius 2 is 1.74 bits per heavy atom. The molecule has 8 heteroatoms. The first-order chi connectivity index (χ1) is 12.8. The molecule has 0 saturated carbocycles. The molecule has 3 rings (SSSR count). The zero-order valence-corrected chi connectivity index (χ0v) is 14.6. The third kappa shape index (κ3) is 4.32. The molecule has 2 aliphatic heterocycles. The van der Waals surface area contributed by atoms with Gasteiger partial charge < -0.3 is 9.47 Å². The summed E-state index contributed by atoms with van der Waals surface area (Å²) in [5.41, 5.74) is -0.509. The summed E-state index contributed by atoms with van der Waals surface area (Å²) >= 11 is 0. The Hall–Kier alpha value is -2.35. The highest BCUT2D eigenvalue weighted by atomic mass is 19.4. The van der Waals surface area contributed by atoms with Crippen molar-refractivity contribution in [2.24, 2.45) is 5.92 Å². The van der Waals surface area contributed by atoms with Gasteiger partial charge in [0.1, 0.15) is 6.61 Å². The van der Waals surface area contributed by atoms with Gasteiger partial charge in [0, 0.05) is 5.92 Å². The smallest absolute Gasteiger partial charge is 0.419 e. The molecule has 2 bridgehead atoms. The standard InChI is InChI=1S/C19H20F3NO4/c1-12(19(20,21)22)17(24)14-7-15-10-26-11-16(8-14)23(15)18(25)27-9-13-5-3-2-4-6-13/h2-6,14-16H,1,7-11H2. The fourth-order valence-electron chi connectivity index (χ4n) is 3.61. The minimum atomic E-state index is -4.74. The van der Waals surface area contributed by atoms with E-state index >= 15 is 0 Å². The molecule has 2 aliphatic rings. The third-order valence-corrected chi connectivity index (χ3v) is 4.95. The molecular weight excluding hydrogens is 363 g/mol. The van der Waals surface area contributed by atoms with Crippen LogP contribution in [0.5, 0.6) is 0 Å². The maximum atomic E-state index is 12.8. The van der Waals surface area contributed by atoms with E-state index in [2.05, 4.69) is 6.58 Å². The average molecular weight is 383 g/mol. The highest BCUT2D eigenvalue weighted by Crippen LogP contribution is 2.36. The van der Waals surface area contributed by atoms with Crippen LogP contribution in [0.25, 0.3) is 0 Å². The van der Waals surface area contributed by atoms with Crippen molar-refractivity contribution >= 4 is 11.9 Å². The lowest BCUT2D eigenvalue weighted by Gasteiger charge is -2.47. The minimum Gasteiger partial charge on any atom is -0.445 e. The van der Waals surface area contributed by atoms with Crippen LogP contribution in [0.3, 0.4) is 0 Å². The summed E-state index contributed by atoms with van der Waals surface area (Å²) < 4.78 is 49.1. The Labute approximate surface area is 154 Å². The second-order valence-electron chi connectivity index (χ2n) is 6.80. The molecule has 2 saturated heterocycles. The summed E-state index contributed by atoms with van der Waals surface area (Å²) in [6.45, 7) is 3.33. The van der Waals surface area contributed by atoms with Gasteiger partial charge in [-0.1, -0.05) is 36.9 Å². The molecule has 0 aliphatic carbocycles. The Bertz CT molecular complexity index is 705. The molecule has 0 radical (unpaired) electrons. The summed E-state index contributed by atoms with van der Waals surface area (Å²) in [5, 5.41) is 0. The van der Waals surface area contributed by atoms with Crippen LogP contribution in [-0.2, 0) is 20.9 Å². The van der Waals surface area contributed by atoms with Crippen molar-refractivity contribution in [3.8, 4) is 0 Å². The van der Waals surface area contributed by atoms with E-state index in [-0.39, 0.29) is 32.7 Å². The number of ketones is 1. The second-order valence-corrected chi connectivity index (χ2v) is 6.80. The highest BCUT2D eigenvalue weighted by molar-refractivity contribution is 5.98.